The van der Waals surface area contributed by atoms with E-state index in [4.69, 9.17) is 25.2 Å². The third kappa shape index (κ3) is 20.0. The highest BCUT2D eigenvalue weighted by atomic mass is 16.7. The molecular weight excluding hydrogens is 907 g/mol. The molecule has 0 saturated carbocycles. The number of hydrogen-bond acceptors (Lipinski definition) is 14. The first kappa shape index (κ1) is 57.4. The van der Waals surface area contributed by atoms with Gasteiger partial charge in [-0.15, -0.1) is 5.48 Å². The summed E-state index contributed by atoms with van der Waals surface area (Å²) >= 11 is 0. The third-order valence-electron chi connectivity index (χ3n) is 11.2. The summed E-state index contributed by atoms with van der Waals surface area (Å²) in [7, 11) is 1.29. The van der Waals surface area contributed by atoms with Crippen molar-refractivity contribution in [2.75, 3.05) is 13.7 Å². The topological polar surface area (TPSA) is 297 Å². The number of methoxy groups -OCH3 is 1. The van der Waals surface area contributed by atoms with Crippen LogP contribution in [-0.4, -0.2) is 102 Å². The minimum atomic E-state index is -1.19. The average molecular weight is 976 g/mol. The largest absolute Gasteiger partial charge is 0.490 e. The number of benzene rings is 3. The number of carboxylic acid groups (broad SMARTS) is 1. The second-order valence-electron chi connectivity index (χ2n) is 17.9. The third-order valence-corrected chi connectivity index (χ3v) is 11.2. The van der Waals surface area contributed by atoms with Gasteiger partial charge in [-0.1, -0.05) is 88.4 Å². The van der Waals surface area contributed by atoms with Crippen molar-refractivity contribution in [3.63, 3.8) is 0 Å². The summed E-state index contributed by atoms with van der Waals surface area (Å²) in [4.78, 5) is 108. The average Bonchev–Trinajstić information content (AvgIpc) is 3.31. The Bertz CT molecular complexity index is 2220. The molecule has 4 amide bonds. The molecule has 0 aliphatic carbocycles. The zero-order valence-electron chi connectivity index (χ0n) is 41.0. The number of carbonyl (C=O) groups excluding carboxylic acids is 6. The van der Waals surface area contributed by atoms with Gasteiger partial charge in [0.05, 0.1) is 24.9 Å². The summed E-state index contributed by atoms with van der Waals surface area (Å²) in [5.74, 6) is -5.24. The number of aryl methyl sites for hydroxylation is 1. The number of rotatable bonds is 30. The quantitative estimate of drug-likeness (QED) is 0.0216. The number of nitro benzene ring substituents is 1. The summed E-state index contributed by atoms with van der Waals surface area (Å²) in [6.45, 7) is 10.7. The molecular formula is C50H69N7O13. The molecule has 0 aromatic heterocycles. The highest BCUT2D eigenvalue weighted by Crippen LogP contribution is 2.28. The zero-order chi connectivity index (χ0) is 51.9. The number of unbranched alkanes of at least 4 members (excludes halogenated alkanes) is 1. The fraction of sp³-hybridized carbons (Fsp3) is 0.500. The van der Waals surface area contributed by atoms with Crippen molar-refractivity contribution in [2.24, 2.45) is 17.6 Å². The van der Waals surface area contributed by atoms with Crippen molar-refractivity contribution in [2.45, 2.75) is 136 Å². The van der Waals surface area contributed by atoms with E-state index in [-0.39, 0.29) is 60.9 Å². The van der Waals surface area contributed by atoms with Crippen molar-refractivity contribution in [1.29, 1.82) is 0 Å². The van der Waals surface area contributed by atoms with Gasteiger partial charge < -0.3 is 46.4 Å². The van der Waals surface area contributed by atoms with E-state index in [0.29, 0.717) is 43.4 Å². The fourth-order valence-electron chi connectivity index (χ4n) is 7.20. The van der Waals surface area contributed by atoms with Gasteiger partial charge in [-0.05, 0) is 99.1 Å². The summed E-state index contributed by atoms with van der Waals surface area (Å²) in [6, 6.07) is 14.6. The van der Waals surface area contributed by atoms with Crippen molar-refractivity contribution in [3.8, 4) is 5.75 Å². The van der Waals surface area contributed by atoms with E-state index in [2.05, 4.69) is 26.7 Å². The Kier molecular flexibility index (Phi) is 23.9. The molecule has 1 unspecified atom stereocenters. The number of nitrogens with zero attached hydrogens (tertiary/aromatic N) is 1. The number of amides is 4. The Morgan fingerprint density at radius 2 is 1.31 bits per heavy atom. The lowest BCUT2D eigenvalue weighted by Gasteiger charge is -2.27. The summed E-state index contributed by atoms with van der Waals surface area (Å²) in [6.07, 6.45) is 1.49. The summed E-state index contributed by atoms with van der Waals surface area (Å²) in [5, 5.41) is 31.2. The maximum atomic E-state index is 14.1. The Balaban J connectivity index is 1.70. The highest BCUT2D eigenvalue weighted by molar-refractivity contribution is 5.94. The van der Waals surface area contributed by atoms with Gasteiger partial charge in [-0.25, -0.2) is 4.79 Å². The molecule has 8 N–H and O–H groups in total. The van der Waals surface area contributed by atoms with E-state index in [1.807, 2.05) is 39.8 Å². The SMILES string of the molecule is COc1ccc(CC(=O)ON[C@@H](CCCCN)C(=O)N[C@@H](CC(C)C)C(=O)N[C@@H](Cc2ccccc2)C(=O)N[C@@H](C)C(=O)OC(CCc2ccc(CC(=O)N[C@@H](C)C(=O)O)cc2)C(C)C)cc1[N+](=O)[O-]. The van der Waals surface area contributed by atoms with Gasteiger partial charge in [-0.2, -0.15) is 0 Å². The van der Waals surface area contributed by atoms with Crippen molar-refractivity contribution in [3.05, 3.63) is 105 Å². The Morgan fingerprint density at radius 1 is 0.700 bits per heavy atom. The number of aliphatic carboxylic acids is 1. The smallest absolute Gasteiger partial charge is 0.329 e. The van der Waals surface area contributed by atoms with Crippen LogP contribution in [0, 0.1) is 22.0 Å². The van der Waals surface area contributed by atoms with Crippen LogP contribution < -0.4 is 37.2 Å². The molecule has 6 atom stereocenters. The summed E-state index contributed by atoms with van der Waals surface area (Å²) < 4.78 is 10.9. The molecule has 382 valence electrons. The van der Waals surface area contributed by atoms with E-state index in [1.54, 1.807) is 42.5 Å². The first-order valence-electron chi connectivity index (χ1n) is 23.4. The van der Waals surface area contributed by atoms with Gasteiger partial charge in [0.1, 0.15) is 36.3 Å². The Hall–Kier alpha value is -6.93. The highest BCUT2D eigenvalue weighted by Gasteiger charge is 2.32. The molecule has 0 heterocycles. The number of carboxylic acids is 1. The number of nitrogens with one attached hydrogen (secondary N) is 5. The van der Waals surface area contributed by atoms with Gasteiger partial charge in [0, 0.05) is 12.5 Å². The molecule has 3 rings (SSSR count). The van der Waals surface area contributed by atoms with Crippen molar-refractivity contribution < 1.29 is 57.9 Å². The van der Waals surface area contributed by atoms with Crippen LogP contribution in [0.2, 0.25) is 0 Å². The molecule has 20 heteroatoms. The Morgan fingerprint density at radius 3 is 1.91 bits per heavy atom. The molecule has 3 aromatic carbocycles. The molecule has 3 aromatic rings. The number of hydroxylamine groups is 1. The van der Waals surface area contributed by atoms with Crippen LogP contribution >= 0.6 is 0 Å². The predicted octanol–water partition coefficient (Wildman–Crippen LogP) is 3.79. The van der Waals surface area contributed by atoms with Crippen LogP contribution in [0.4, 0.5) is 5.69 Å². The van der Waals surface area contributed by atoms with E-state index in [1.165, 1.54) is 39.2 Å². The van der Waals surface area contributed by atoms with Gasteiger partial charge in [0.2, 0.25) is 23.6 Å². The molecule has 0 radical (unpaired) electrons. The van der Waals surface area contributed by atoms with Gasteiger partial charge in [0.25, 0.3) is 0 Å². The number of nitro groups is 1. The molecule has 0 fully saturated rings. The monoisotopic (exact) mass is 975 g/mol. The van der Waals surface area contributed by atoms with Crippen molar-refractivity contribution >= 4 is 47.2 Å². The lowest BCUT2D eigenvalue weighted by atomic mass is 9.98. The van der Waals surface area contributed by atoms with Crippen LogP contribution in [0.3, 0.4) is 0 Å². The summed E-state index contributed by atoms with van der Waals surface area (Å²) in [5.41, 5.74) is 10.5. The van der Waals surface area contributed by atoms with Gasteiger partial charge >= 0.3 is 23.6 Å². The lowest BCUT2D eigenvalue weighted by molar-refractivity contribution is -0.385. The standard InChI is InChI=1S/C50H69N7O13/c1-30(2)25-39(54-46(60)38(15-11-12-24-51)56-70-45(59)29-37-21-23-43(68-7)41(27-37)57(66)67)48(62)55-40(26-35-13-9-8-10-14-35)47(61)53-33(6)50(65)69-42(31(3)4)22-20-34-16-18-36(19-17-34)28-44(58)52-32(5)49(63)64/h8-10,13-14,16-19,21,23,27,30-33,38-40,42,56H,11-12,15,20,22,24-26,28-29,51H2,1-7H3,(H,52,58)(H,53,61)(H,54,60)(H,55,62)(H,63,64)/t32-,33-,38-,39-,40-,42?/m0/s1. The maximum absolute atomic E-state index is 14.1. The second-order valence-corrected chi connectivity index (χ2v) is 17.9. The molecule has 0 spiro atoms. The number of ether oxygens (including phenoxy) is 2. The normalized spacial score (nSPS) is 13.7. The first-order chi connectivity index (χ1) is 33.2. The number of hydrogen-bond donors (Lipinski definition) is 7. The molecule has 20 nitrogen and oxygen atoms in total. The molecule has 0 saturated heterocycles. The van der Waals surface area contributed by atoms with Crippen molar-refractivity contribution in [1.82, 2.24) is 26.7 Å². The second kappa shape index (κ2) is 29.2. The number of nitrogens with two attached hydrogens (primary N) is 1. The minimum absolute atomic E-state index is 0.0149. The zero-order valence-corrected chi connectivity index (χ0v) is 41.0. The maximum Gasteiger partial charge on any atom is 0.329 e. The van der Waals surface area contributed by atoms with E-state index in [0.717, 1.165) is 5.56 Å². The van der Waals surface area contributed by atoms with E-state index in [9.17, 15) is 43.7 Å². The minimum Gasteiger partial charge on any atom is -0.490 e. The van der Waals surface area contributed by atoms with E-state index >= 15 is 0 Å². The lowest BCUT2D eigenvalue weighted by Crippen LogP contribution is -2.58. The van der Waals surface area contributed by atoms with Crippen LogP contribution in [0.25, 0.3) is 0 Å². The van der Waals surface area contributed by atoms with E-state index < -0.39 is 82.8 Å². The van der Waals surface area contributed by atoms with Crippen LogP contribution in [-0.2, 0) is 68.8 Å². The van der Waals surface area contributed by atoms with Crippen LogP contribution in [0.1, 0.15) is 95.9 Å². The molecule has 70 heavy (non-hydrogen) atoms. The van der Waals surface area contributed by atoms with Crippen LogP contribution in [0.5, 0.6) is 5.75 Å². The Labute approximate surface area is 408 Å². The first-order valence-corrected chi connectivity index (χ1v) is 23.4. The molecule has 0 bridgehead atoms. The van der Waals surface area contributed by atoms with Gasteiger partial charge in [-0.3, -0.25) is 38.9 Å². The molecule has 0 aliphatic heterocycles. The molecule has 0 aliphatic rings. The predicted molar refractivity (Wildman–Crippen MR) is 259 cm³/mol. The number of esters is 1. The van der Waals surface area contributed by atoms with Gasteiger partial charge in [0.15, 0.2) is 5.75 Å². The van der Waals surface area contributed by atoms with Crippen LogP contribution in [0.15, 0.2) is 72.8 Å². The number of carbonyl (C=O) groups is 7. The fourth-order valence-corrected chi connectivity index (χ4v) is 7.20.